The lowest BCUT2D eigenvalue weighted by Crippen LogP contribution is -2.16. The first-order valence-electron chi connectivity index (χ1n) is 10.7. The van der Waals surface area contributed by atoms with Gasteiger partial charge in [-0.25, -0.2) is 0 Å². The molecule has 1 nitrogen and oxygen atoms in total. The summed E-state index contributed by atoms with van der Waals surface area (Å²) in [5.41, 5.74) is 11.6. The quantitative estimate of drug-likeness (QED) is 0.381. The fourth-order valence-electron chi connectivity index (χ4n) is 4.52. The summed E-state index contributed by atoms with van der Waals surface area (Å²) in [4.78, 5) is 4.95. The van der Waals surface area contributed by atoms with Gasteiger partial charge in [-0.15, -0.1) is 0 Å². The number of aryl methyl sites for hydroxylation is 1. The van der Waals surface area contributed by atoms with Crippen molar-refractivity contribution in [2.45, 2.75) is 33.1 Å². The highest BCUT2D eigenvalue weighted by Gasteiger charge is 2.35. The van der Waals surface area contributed by atoms with Gasteiger partial charge in [-0.2, -0.15) is 0 Å². The molecule has 0 fully saturated rings. The van der Waals surface area contributed by atoms with Crippen molar-refractivity contribution in [1.29, 1.82) is 0 Å². The summed E-state index contributed by atoms with van der Waals surface area (Å²) in [7, 11) is 0. The average Bonchev–Trinajstić information content (AvgIpc) is 3.01. The second-order valence-electron chi connectivity index (χ2n) is 8.69. The lowest BCUT2D eigenvalue weighted by molar-refractivity contribution is 0.655. The van der Waals surface area contributed by atoms with Gasteiger partial charge in [0.1, 0.15) is 0 Å². The molecule has 0 spiro atoms. The molecule has 0 saturated carbocycles. The average molecular weight is 404 g/mol. The molecule has 154 valence electrons. The summed E-state index contributed by atoms with van der Waals surface area (Å²) in [6.45, 7) is 16.8. The van der Waals surface area contributed by atoms with Crippen LogP contribution in [0.1, 0.15) is 43.0 Å². The van der Waals surface area contributed by atoms with Gasteiger partial charge in [0.2, 0.25) is 0 Å². The predicted molar refractivity (Wildman–Crippen MR) is 135 cm³/mol. The van der Waals surface area contributed by atoms with E-state index in [0.29, 0.717) is 0 Å². The first kappa shape index (κ1) is 20.8. The molecule has 0 amide bonds. The van der Waals surface area contributed by atoms with E-state index in [1.165, 1.54) is 39.0 Å². The van der Waals surface area contributed by atoms with E-state index >= 15 is 0 Å². The molecule has 0 unspecified atom stereocenters. The van der Waals surface area contributed by atoms with E-state index in [0.717, 1.165) is 17.0 Å². The van der Waals surface area contributed by atoms with Crippen LogP contribution in [0.4, 0.5) is 5.69 Å². The van der Waals surface area contributed by atoms with E-state index in [2.05, 4.69) is 89.4 Å². The number of hydrogen-bond acceptors (Lipinski definition) is 1. The van der Waals surface area contributed by atoms with Gasteiger partial charge in [0.15, 0.2) is 0 Å². The number of fused-ring (bicyclic) bond motifs is 1. The molecule has 0 heterocycles. The van der Waals surface area contributed by atoms with Crippen molar-refractivity contribution in [2.75, 3.05) is 0 Å². The van der Waals surface area contributed by atoms with Crippen LogP contribution in [-0.2, 0) is 5.41 Å². The summed E-state index contributed by atoms with van der Waals surface area (Å²) in [5.74, 6) is 0. The number of nitrogens with zero attached hydrogens (tertiary/aromatic N) is 1. The zero-order valence-corrected chi connectivity index (χ0v) is 18.9. The lowest BCUT2D eigenvalue weighted by Gasteiger charge is -2.23. The van der Waals surface area contributed by atoms with Crippen molar-refractivity contribution < 1.29 is 0 Å². The Morgan fingerprint density at radius 1 is 0.871 bits per heavy atom. The smallest absolute Gasteiger partial charge is 0.0668 e. The molecule has 31 heavy (non-hydrogen) atoms. The molecular weight excluding hydrogens is 374 g/mol. The summed E-state index contributed by atoms with van der Waals surface area (Å²) in [5, 5.41) is 0. The summed E-state index contributed by atoms with van der Waals surface area (Å²) >= 11 is 0. The Kier molecular flexibility index (Phi) is 5.37. The largest absolute Gasteiger partial charge is 0.253 e. The monoisotopic (exact) mass is 403 g/mol. The highest BCUT2D eigenvalue weighted by Crippen LogP contribution is 2.48. The van der Waals surface area contributed by atoms with Crippen molar-refractivity contribution in [3.05, 3.63) is 120 Å². The second-order valence-corrected chi connectivity index (χ2v) is 8.69. The van der Waals surface area contributed by atoms with Crippen LogP contribution in [0.2, 0.25) is 0 Å². The van der Waals surface area contributed by atoms with Crippen molar-refractivity contribution >= 4 is 17.0 Å². The number of benzene rings is 3. The van der Waals surface area contributed by atoms with Crippen molar-refractivity contribution in [3.8, 4) is 11.1 Å². The minimum atomic E-state index is -0.0911. The molecule has 3 aromatic rings. The number of aliphatic imine (C=N–C) groups is 1. The third-order valence-corrected chi connectivity index (χ3v) is 6.38. The predicted octanol–water partition coefficient (Wildman–Crippen LogP) is 8.22. The van der Waals surface area contributed by atoms with Gasteiger partial charge in [0.05, 0.1) is 5.69 Å². The van der Waals surface area contributed by atoms with Crippen LogP contribution in [0.25, 0.3) is 16.7 Å². The summed E-state index contributed by atoms with van der Waals surface area (Å²) < 4.78 is 0. The second kappa shape index (κ2) is 8.00. The molecule has 0 saturated heterocycles. The van der Waals surface area contributed by atoms with E-state index in [1.807, 2.05) is 30.4 Å². The maximum Gasteiger partial charge on any atom is 0.0668 e. The van der Waals surface area contributed by atoms with E-state index < -0.39 is 0 Å². The lowest BCUT2D eigenvalue weighted by atomic mass is 9.80. The third-order valence-electron chi connectivity index (χ3n) is 6.38. The molecule has 0 aromatic heterocycles. The highest BCUT2D eigenvalue weighted by molar-refractivity contribution is 6.00. The maximum atomic E-state index is 4.95. The van der Waals surface area contributed by atoms with Crippen LogP contribution in [0.5, 0.6) is 0 Å². The minimum Gasteiger partial charge on any atom is -0.253 e. The standard InChI is InChI=1S/C30H29N/c1-7-25-26-17-16-23(18-28(26)30(5,6)27(25)8-2)24-15-14-20(3)29(19-24)31-21(4)22-12-10-9-11-13-22/h7-19H,1-2H2,3-6H3. The first-order chi connectivity index (χ1) is 14.9. The van der Waals surface area contributed by atoms with Gasteiger partial charge >= 0.3 is 0 Å². The Labute approximate surface area is 186 Å². The Morgan fingerprint density at radius 3 is 2.23 bits per heavy atom. The number of rotatable bonds is 5. The van der Waals surface area contributed by atoms with E-state index in [1.54, 1.807) is 0 Å². The Morgan fingerprint density at radius 2 is 1.55 bits per heavy atom. The fourth-order valence-corrected chi connectivity index (χ4v) is 4.52. The SMILES string of the molecule is C=CC1=C(C=C)C(C)(C)c2cc(-c3ccc(C)c(N=C(C)c4ccccc4)c3)ccc21. The Hall–Kier alpha value is -3.45. The van der Waals surface area contributed by atoms with Gasteiger partial charge in [-0.3, -0.25) is 4.99 Å². The van der Waals surface area contributed by atoms with Gasteiger partial charge in [-0.05, 0) is 70.5 Å². The number of hydrogen-bond donors (Lipinski definition) is 0. The number of allylic oxidation sites excluding steroid dienone is 4. The van der Waals surface area contributed by atoms with Crippen LogP contribution < -0.4 is 0 Å². The van der Waals surface area contributed by atoms with Gasteiger partial charge in [-0.1, -0.05) is 93.8 Å². The van der Waals surface area contributed by atoms with Crippen LogP contribution in [0, 0.1) is 6.92 Å². The normalized spacial score (nSPS) is 15.0. The molecule has 1 heteroatoms. The minimum absolute atomic E-state index is 0.0911. The zero-order chi connectivity index (χ0) is 22.2. The molecule has 1 aliphatic rings. The van der Waals surface area contributed by atoms with Gasteiger partial charge < -0.3 is 0 Å². The van der Waals surface area contributed by atoms with Gasteiger partial charge in [0, 0.05) is 11.1 Å². The third kappa shape index (κ3) is 3.61. The van der Waals surface area contributed by atoms with Crippen LogP contribution in [0.3, 0.4) is 0 Å². The molecule has 0 atom stereocenters. The summed E-state index contributed by atoms with van der Waals surface area (Å²) in [6.07, 6.45) is 3.93. The molecular formula is C30H29N. The molecule has 4 rings (SSSR count). The Balaban J connectivity index is 1.78. The fraction of sp³-hybridized carbons (Fsp3) is 0.167. The Bertz CT molecular complexity index is 1240. The molecule has 1 aliphatic carbocycles. The van der Waals surface area contributed by atoms with Crippen LogP contribution in [0.15, 0.2) is 103 Å². The van der Waals surface area contributed by atoms with Crippen molar-refractivity contribution in [1.82, 2.24) is 0 Å². The molecule has 3 aromatic carbocycles. The van der Waals surface area contributed by atoms with Crippen LogP contribution in [-0.4, -0.2) is 5.71 Å². The van der Waals surface area contributed by atoms with E-state index in [4.69, 9.17) is 4.99 Å². The molecule has 0 radical (unpaired) electrons. The highest BCUT2D eigenvalue weighted by atomic mass is 14.7. The molecule has 0 bridgehead atoms. The summed E-state index contributed by atoms with van der Waals surface area (Å²) in [6, 6.07) is 23.6. The molecule has 0 N–H and O–H groups in total. The van der Waals surface area contributed by atoms with E-state index in [-0.39, 0.29) is 5.41 Å². The van der Waals surface area contributed by atoms with Crippen LogP contribution >= 0.6 is 0 Å². The maximum absolute atomic E-state index is 4.95. The van der Waals surface area contributed by atoms with Crippen molar-refractivity contribution in [2.24, 2.45) is 4.99 Å². The zero-order valence-electron chi connectivity index (χ0n) is 18.9. The van der Waals surface area contributed by atoms with E-state index in [9.17, 15) is 0 Å². The topological polar surface area (TPSA) is 12.4 Å². The first-order valence-corrected chi connectivity index (χ1v) is 10.7. The molecule has 0 aliphatic heterocycles. The van der Waals surface area contributed by atoms with Gasteiger partial charge in [0.25, 0.3) is 0 Å². The van der Waals surface area contributed by atoms with Crippen molar-refractivity contribution in [3.63, 3.8) is 0 Å².